The summed E-state index contributed by atoms with van der Waals surface area (Å²) >= 11 is 3.57. The molecule has 2 aromatic heterocycles. The van der Waals surface area contributed by atoms with Crippen LogP contribution in [0.25, 0.3) is 11.0 Å². The van der Waals surface area contributed by atoms with Gasteiger partial charge in [-0.25, -0.2) is 4.98 Å². The number of likely N-dealkylation sites (tertiary alicyclic amines) is 2. The van der Waals surface area contributed by atoms with Crippen molar-refractivity contribution in [1.29, 1.82) is 0 Å². The topological polar surface area (TPSA) is 118 Å². The van der Waals surface area contributed by atoms with Crippen LogP contribution in [0.5, 0.6) is 11.5 Å². The molecule has 2 aliphatic heterocycles. The third kappa shape index (κ3) is 6.94. The predicted molar refractivity (Wildman–Crippen MR) is 184 cm³/mol. The van der Waals surface area contributed by atoms with Gasteiger partial charge in [-0.1, -0.05) is 6.92 Å². The summed E-state index contributed by atoms with van der Waals surface area (Å²) in [4.78, 5) is 23.1. The van der Waals surface area contributed by atoms with E-state index >= 15 is 0 Å². The molecule has 238 valence electrons. The number of rotatable bonds is 10. The number of fused-ring (bicyclic) bond motifs is 1. The molecule has 2 aromatic carbocycles. The molecule has 0 atom stereocenters. The molecule has 4 aromatic rings. The maximum absolute atomic E-state index is 13.4. The number of aromatic nitrogens is 4. The van der Waals surface area contributed by atoms with Gasteiger partial charge in [-0.05, 0) is 79.3 Å². The lowest BCUT2D eigenvalue weighted by atomic mass is 10.0. The fourth-order valence-electron chi connectivity index (χ4n) is 6.12. The highest BCUT2D eigenvalue weighted by molar-refractivity contribution is 9.10. The molecule has 0 bridgehead atoms. The first kappa shape index (κ1) is 31.7. The molecule has 2 N–H and O–H groups in total. The lowest BCUT2D eigenvalue weighted by Gasteiger charge is -2.46. The van der Waals surface area contributed by atoms with E-state index in [-0.39, 0.29) is 6.10 Å². The molecule has 0 amide bonds. The van der Waals surface area contributed by atoms with Crippen LogP contribution in [-0.2, 0) is 11.0 Å². The van der Waals surface area contributed by atoms with Gasteiger partial charge in [0.1, 0.15) is 36.1 Å². The highest BCUT2D eigenvalue weighted by Crippen LogP contribution is 2.41. The summed E-state index contributed by atoms with van der Waals surface area (Å²) in [5.74, 6) is 2.39. The van der Waals surface area contributed by atoms with Crippen LogP contribution in [0.1, 0.15) is 25.3 Å². The molecule has 2 saturated heterocycles. The van der Waals surface area contributed by atoms with Crippen molar-refractivity contribution in [1.82, 2.24) is 29.7 Å². The van der Waals surface area contributed by atoms with Crippen LogP contribution in [0.2, 0.25) is 0 Å². The summed E-state index contributed by atoms with van der Waals surface area (Å²) in [6, 6.07) is 8.42. The van der Waals surface area contributed by atoms with E-state index in [2.05, 4.69) is 71.4 Å². The van der Waals surface area contributed by atoms with Gasteiger partial charge in [0.2, 0.25) is 5.95 Å². The van der Waals surface area contributed by atoms with Crippen LogP contribution >= 0.6 is 23.1 Å². The van der Waals surface area contributed by atoms with Gasteiger partial charge in [0, 0.05) is 56.9 Å². The zero-order valence-electron chi connectivity index (χ0n) is 26.4. The third-order valence-electron chi connectivity index (χ3n) is 8.49. The third-order valence-corrected chi connectivity index (χ3v) is 10.6. The quantitative estimate of drug-likeness (QED) is 0.201. The average molecular weight is 696 g/mol. The number of piperidine rings is 1. The molecule has 0 spiro atoms. The molecule has 0 saturated carbocycles. The largest absolute Gasteiger partial charge is 0.494 e. The molecule has 4 heterocycles. The molecule has 0 aliphatic carbocycles. The molecule has 13 heteroatoms. The Hall–Kier alpha value is -3.31. The number of nitrogens with one attached hydrogen (secondary N) is 2. The minimum atomic E-state index is -2.74. The van der Waals surface area contributed by atoms with Crippen LogP contribution in [0.15, 0.2) is 47.3 Å². The van der Waals surface area contributed by atoms with Gasteiger partial charge in [-0.3, -0.25) is 14.9 Å². The Kier molecular flexibility index (Phi) is 9.29. The van der Waals surface area contributed by atoms with Crippen molar-refractivity contribution < 1.29 is 14.0 Å². The SMILES string of the molecule is CCc1cc(Nc2ncc(Br)c(Nc3ccc4nccnc4c3P(C)(C)=O)n2)c(OC)cc1OC1CCN(C2CN(C)C2)CC1. The molecule has 45 heavy (non-hydrogen) atoms. The van der Waals surface area contributed by atoms with Crippen molar-refractivity contribution >= 4 is 62.6 Å². The number of methoxy groups -OCH3 is 1. The van der Waals surface area contributed by atoms with Crippen molar-refractivity contribution in [2.75, 3.05) is 64.3 Å². The summed E-state index contributed by atoms with van der Waals surface area (Å²) in [6.07, 6.45) is 7.94. The maximum Gasteiger partial charge on any atom is 0.229 e. The summed E-state index contributed by atoms with van der Waals surface area (Å²) in [5, 5.41) is 7.32. The van der Waals surface area contributed by atoms with E-state index in [1.54, 1.807) is 39.0 Å². The van der Waals surface area contributed by atoms with Crippen molar-refractivity contribution in [3.05, 3.63) is 52.9 Å². The number of benzene rings is 2. The Morgan fingerprint density at radius 1 is 1.02 bits per heavy atom. The minimum absolute atomic E-state index is 0.184. The molecule has 0 unspecified atom stereocenters. The fourth-order valence-corrected chi connectivity index (χ4v) is 7.81. The standard InChI is InChI=1S/C32H40BrN8O3P/c1-6-20-15-26(28(43-3)16-27(20)44-22-9-13-41(14-10-22)21-18-40(2)19-21)38-32-36-17-23(33)31(39-32)37-25-8-7-24-29(35-12-11-34-24)30(25)45(4,5)42/h7-8,11-12,15-17,21-22H,6,9-10,13-14,18-19H2,1-5H3,(H2,36,37,38,39). The molecule has 6 rings (SSSR count). The van der Waals surface area contributed by atoms with Crippen LogP contribution in [-0.4, -0.2) is 95.5 Å². The Morgan fingerprint density at radius 2 is 1.78 bits per heavy atom. The normalized spacial score (nSPS) is 16.8. The second-order valence-corrected chi connectivity index (χ2v) is 16.1. The molecule has 2 fully saturated rings. The second-order valence-electron chi connectivity index (χ2n) is 12.1. The first-order valence-electron chi connectivity index (χ1n) is 15.3. The zero-order chi connectivity index (χ0) is 31.7. The highest BCUT2D eigenvalue weighted by Gasteiger charge is 2.32. The summed E-state index contributed by atoms with van der Waals surface area (Å²) in [6.45, 7) is 10.0. The molecule has 2 aliphatic rings. The number of aryl methyl sites for hydroxylation is 1. The van der Waals surface area contributed by atoms with Crippen LogP contribution < -0.4 is 25.4 Å². The Morgan fingerprint density at radius 3 is 2.47 bits per heavy atom. The van der Waals surface area contributed by atoms with E-state index in [4.69, 9.17) is 14.5 Å². The van der Waals surface area contributed by atoms with Crippen LogP contribution in [0, 0.1) is 0 Å². The summed E-state index contributed by atoms with van der Waals surface area (Å²) < 4.78 is 26.4. The number of anilines is 4. The zero-order valence-corrected chi connectivity index (χ0v) is 28.9. The summed E-state index contributed by atoms with van der Waals surface area (Å²) in [7, 11) is 1.09. The Labute approximate surface area is 272 Å². The Bertz CT molecular complexity index is 1740. The maximum atomic E-state index is 13.4. The number of hydrogen-bond donors (Lipinski definition) is 2. The van der Waals surface area contributed by atoms with Gasteiger partial charge in [-0.15, -0.1) is 0 Å². The number of halogens is 1. The van der Waals surface area contributed by atoms with Crippen molar-refractivity contribution in [2.24, 2.45) is 0 Å². The van der Waals surface area contributed by atoms with Crippen molar-refractivity contribution in [2.45, 2.75) is 38.3 Å². The van der Waals surface area contributed by atoms with Crippen LogP contribution in [0.3, 0.4) is 0 Å². The van der Waals surface area contributed by atoms with Gasteiger partial charge in [0.05, 0.1) is 33.8 Å². The van der Waals surface area contributed by atoms with E-state index in [0.29, 0.717) is 50.1 Å². The van der Waals surface area contributed by atoms with E-state index in [1.165, 1.54) is 0 Å². The summed E-state index contributed by atoms with van der Waals surface area (Å²) in [5.41, 5.74) is 3.77. The van der Waals surface area contributed by atoms with Gasteiger partial charge in [0.25, 0.3) is 0 Å². The van der Waals surface area contributed by atoms with E-state index in [9.17, 15) is 4.57 Å². The molecular weight excluding hydrogens is 655 g/mol. The Balaban J connectivity index is 1.21. The van der Waals surface area contributed by atoms with Gasteiger partial charge in [-0.2, -0.15) is 4.98 Å². The van der Waals surface area contributed by atoms with Gasteiger partial charge in [0.15, 0.2) is 0 Å². The lowest BCUT2D eigenvalue weighted by molar-refractivity contribution is 0.0122. The van der Waals surface area contributed by atoms with E-state index in [0.717, 1.165) is 62.4 Å². The first-order chi connectivity index (χ1) is 21.6. The molecule has 11 nitrogen and oxygen atoms in total. The molecule has 0 radical (unpaired) electrons. The van der Waals surface area contributed by atoms with E-state index < -0.39 is 7.14 Å². The fraction of sp³-hybridized carbons (Fsp3) is 0.438. The predicted octanol–water partition coefficient (Wildman–Crippen LogP) is 5.65. The van der Waals surface area contributed by atoms with Gasteiger partial charge >= 0.3 is 0 Å². The molecular formula is C32H40BrN8O3P. The van der Waals surface area contributed by atoms with Crippen LogP contribution in [0.4, 0.5) is 23.1 Å². The smallest absolute Gasteiger partial charge is 0.229 e. The monoisotopic (exact) mass is 694 g/mol. The minimum Gasteiger partial charge on any atom is -0.494 e. The number of nitrogens with zero attached hydrogens (tertiary/aromatic N) is 6. The lowest BCUT2D eigenvalue weighted by Crippen LogP contribution is -2.59. The van der Waals surface area contributed by atoms with Gasteiger partial charge < -0.3 is 29.6 Å². The second kappa shape index (κ2) is 13.2. The number of hydrogen-bond acceptors (Lipinski definition) is 11. The van der Waals surface area contributed by atoms with Crippen molar-refractivity contribution in [3.63, 3.8) is 0 Å². The highest BCUT2D eigenvalue weighted by atomic mass is 79.9. The number of likely N-dealkylation sites (N-methyl/N-ethyl adjacent to an activating group) is 1. The first-order valence-corrected chi connectivity index (χ1v) is 18.7. The van der Waals surface area contributed by atoms with Crippen molar-refractivity contribution in [3.8, 4) is 11.5 Å². The van der Waals surface area contributed by atoms with E-state index in [1.807, 2.05) is 18.2 Å². The number of ether oxygens (including phenoxy) is 2. The average Bonchev–Trinajstić information content (AvgIpc) is 3.01.